The number of hydrogen-bond donors (Lipinski definition) is 1. The van der Waals surface area contributed by atoms with Gasteiger partial charge in [-0.25, -0.2) is 9.78 Å². The lowest BCUT2D eigenvalue weighted by atomic mass is 10.2. The van der Waals surface area contributed by atoms with Gasteiger partial charge in [-0.3, -0.25) is 0 Å². The summed E-state index contributed by atoms with van der Waals surface area (Å²) in [5, 5.41) is 0.924. The monoisotopic (exact) mass is 239 g/mol. The van der Waals surface area contributed by atoms with Gasteiger partial charge in [-0.2, -0.15) is 0 Å². The third-order valence-electron chi connectivity index (χ3n) is 2.55. The van der Waals surface area contributed by atoms with Crippen molar-refractivity contribution in [1.82, 2.24) is 9.96 Å². The van der Waals surface area contributed by atoms with E-state index in [2.05, 4.69) is 4.98 Å². The fourth-order valence-electron chi connectivity index (χ4n) is 1.68. The lowest BCUT2D eigenvalue weighted by molar-refractivity contribution is 0.0729. The Morgan fingerprint density at radius 2 is 2.22 bits per heavy atom. The van der Waals surface area contributed by atoms with Crippen molar-refractivity contribution < 1.29 is 10.9 Å². The zero-order valence-electron chi connectivity index (χ0n) is 10.4. The maximum atomic E-state index is 11.8. The number of aromatic amines is 1. The molecule has 0 fully saturated rings. The molecular formula is C14H10N2O2. The van der Waals surface area contributed by atoms with Crippen LogP contribution in [0.2, 0.25) is 1.41 Å². The van der Waals surface area contributed by atoms with Gasteiger partial charge in [0.05, 0.1) is 0 Å². The van der Waals surface area contributed by atoms with E-state index in [0.29, 0.717) is 11.3 Å². The molecule has 0 saturated heterocycles. The standard InChI is InChI=1S/C14H10N2O2/c17-14(12-3-1-2-7-15-12)18-11-5-4-10-6-8-16-13(10)9-11/h1-9,16H/i/hD. The Hall–Kier alpha value is -2.62. The minimum absolute atomic E-state index is 0.254. The molecule has 0 radical (unpaired) electrons. The van der Waals surface area contributed by atoms with Crippen LogP contribution in [0.5, 0.6) is 5.75 Å². The first-order valence-corrected chi connectivity index (χ1v) is 5.47. The number of carbonyl (C=O) groups excluding carboxylic acids is 1. The summed E-state index contributed by atoms with van der Waals surface area (Å²) in [5.41, 5.74) is 0.940. The molecule has 0 saturated carbocycles. The molecule has 0 aliphatic rings. The number of pyridine rings is 1. The van der Waals surface area contributed by atoms with Crippen LogP contribution in [0.4, 0.5) is 0 Å². The second-order valence-corrected chi connectivity index (χ2v) is 3.77. The van der Waals surface area contributed by atoms with Crippen LogP contribution in [0.15, 0.2) is 54.9 Å². The highest BCUT2D eigenvalue weighted by molar-refractivity contribution is 5.89. The van der Waals surface area contributed by atoms with Gasteiger partial charge in [0.15, 0.2) is 1.41 Å². The maximum Gasteiger partial charge on any atom is 0.362 e. The number of ether oxygens (including phenoxy) is 1. The molecule has 2 heterocycles. The van der Waals surface area contributed by atoms with Crippen molar-refractivity contribution in [2.75, 3.05) is 0 Å². The van der Waals surface area contributed by atoms with Crippen molar-refractivity contribution >= 4 is 16.9 Å². The molecule has 0 atom stereocenters. The van der Waals surface area contributed by atoms with E-state index in [4.69, 9.17) is 6.15 Å². The summed E-state index contributed by atoms with van der Waals surface area (Å²) < 4.78 is 12.9. The number of H-pyrrole nitrogens is 1. The Kier molecular flexibility index (Phi) is 2.27. The second kappa shape index (κ2) is 4.33. The number of hydrogen-bond acceptors (Lipinski definition) is 3. The molecule has 4 nitrogen and oxygen atoms in total. The number of rotatable bonds is 2. The molecule has 4 heteroatoms. The Morgan fingerprint density at radius 1 is 1.28 bits per heavy atom. The fourth-order valence-corrected chi connectivity index (χ4v) is 1.68. The van der Waals surface area contributed by atoms with Gasteiger partial charge in [0.25, 0.3) is 0 Å². The van der Waals surface area contributed by atoms with Gasteiger partial charge in [0, 0.05) is 24.0 Å². The Morgan fingerprint density at radius 3 is 3.06 bits per heavy atom. The van der Waals surface area contributed by atoms with Gasteiger partial charge in [0.2, 0.25) is 0 Å². The smallest absolute Gasteiger partial charge is 0.362 e. The summed E-state index contributed by atoms with van der Waals surface area (Å²) in [6.45, 7) is 0. The molecule has 0 amide bonds. The average Bonchev–Trinajstić information content (AvgIpc) is 2.81. The van der Waals surface area contributed by atoms with E-state index in [1.165, 1.54) is 11.2 Å². The molecular weight excluding hydrogens is 228 g/mol. The zero-order chi connectivity index (χ0) is 13.2. The minimum Gasteiger partial charge on any atom is -0.422 e. The van der Waals surface area contributed by atoms with Crippen molar-refractivity contribution in [2.45, 2.75) is 0 Å². The minimum atomic E-state index is -0.511. The van der Waals surface area contributed by atoms with Crippen molar-refractivity contribution in [1.29, 1.82) is 0 Å². The van der Waals surface area contributed by atoms with Crippen LogP contribution in [0, 0.1) is 0 Å². The molecule has 2 aromatic heterocycles. The second-order valence-electron chi connectivity index (χ2n) is 3.77. The summed E-state index contributed by atoms with van der Waals surface area (Å²) in [4.78, 5) is 17.0. The molecule has 0 unspecified atom stereocenters. The van der Waals surface area contributed by atoms with E-state index in [1.54, 1.807) is 42.6 Å². The van der Waals surface area contributed by atoms with Crippen LogP contribution in [0.25, 0.3) is 10.9 Å². The van der Waals surface area contributed by atoms with Gasteiger partial charge in [-0.1, -0.05) is 6.07 Å². The first-order valence-electron chi connectivity index (χ1n) is 5.92. The molecule has 88 valence electrons. The molecule has 3 aromatic rings. The van der Waals surface area contributed by atoms with E-state index >= 15 is 0 Å². The molecule has 0 bridgehead atoms. The number of fused-ring (bicyclic) bond motifs is 1. The first-order chi connectivity index (χ1) is 9.24. The number of carbonyl (C=O) groups is 1. The van der Waals surface area contributed by atoms with Crippen LogP contribution < -0.4 is 4.74 Å². The van der Waals surface area contributed by atoms with Gasteiger partial charge in [-0.15, -0.1) is 0 Å². The molecule has 0 aliphatic carbocycles. The first kappa shape index (κ1) is 9.41. The highest BCUT2D eigenvalue weighted by Gasteiger charge is 2.09. The fraction of sp³-hybridized carbons (Fsp3) is 0. The summed E-state index contributed by atoms with van der Waals surface area (Å²) >= 11 is 0. The average molecular weight is 239 g/mol. The van der Waals surface area contributed by atoms with Gasteiger partial charge in [0.1, 0.15) is 11.4 Å². The number of benzene rings is 1. The molecule has 1 aromatic carbocycles. The van der Waals surface area contributed by atoms with E-state index in [0.717, 1.165) is 5.39 Å². The predicted molar refractivity (Wildman–Crippen MR) is 67.5 cm³/mol. The Labute approximate surface area is 105 Å². The van der Waals surface area contributed by atoms with E-state index in [1.807, 2.05) is 6.07 Å². The van der Waals surface area contributed by atoms with Crippen molar-refractivity contribution in [3.05, 3.63) is 60.6 Å². The van der Waals surface area contributed by atoms with Crippen LogP contribution in [-0.2, 0) is 0 Å². The maximum absolute atomic E-state index is 11.8. The van der Waals surface area contributed by atoms with Gasteiger partial charge >= 0.3 is 5.97 Å². The number of nitrogens with one attached hydrogen (secondary N) is 1. The van der Waals surface area contributed by atoms with Crippen LogP contribution in [0.3, 0.4) is 0 Å². The van der Waals surface area contributed by atoms with Crippen molar-refractivity contribution in [2.24, 2.45) is 0 Å². The number of aromatic nitrogens is 2. The molecule has 3 rings (SSSR count). The number of esters is 1. The third kappa shape index (κ3) is 1.96. The normalized spacial score (nSPS) is 11.2. The largest absolute Gasteiger partial charge is 0.422 e. The molecule has 18 heavy (non-hydrogen) atoms. The highest BCUT2D eigenvalue weighted by atomic mass is 16.5. The highest BCUT2D eigenvalue weighted by Crippen LogP contribution is 2.20. The summed E-state index contributed by atoms with van der Waals surface area (Å²) in [5.74, 6) is -0.113. The topological polar surface area (TPSA) is 55.0 Å². The quantitative estimate of drug-likeness (QED) is 0.552. The van der Waals surface area contributed by atoms with E-state index < -0.39 is 5.97 Å². The lowest BCUT2D eigenvalue weighted by Gasteiger charge is -2.03. The van der Waals surface area contributed by atoms with Gasteiger partial charge < -0.3 is 9.71 Å². The van der Waals surface area contributed by atoms with E-state index in [9.17, 15) is 4.79 Å². The van der Waals surface area contributed by atoms with E-state index in [-0.39, 0.29) is 5.69 Å². The predicted octanol–water partition coefficient (Wildman–Crippen LogP) is 2.78. The Balaban J connectivity index is 1.89. The lowest BCUT2D eigenvalue weighted by Crippen LogP contribution is -2.09. The number of nitrogens with zero attached hydrogens (tertiary/aromatic N) is 1. The van der Waals surface area contributed by atoms with Crippen LogP contribution in [0.1, 0.15) is 10.5 Å². The summed E-state index contributed by atoms with van der Waals surface area (Å²) in [6, 6.07) is 12.0. The Bertz CT molecular complexity index is 738. The van der Waals surface area contributed by atoms with Crippen molar-refractivity contribution in [3.63, 3.8) is 0 Å². The van der Waals surface area contributed by atoms with Crippen molar-refractivity contribution in [3.8, 4) is 5.75 Å². The molecule has 1 N–H and O–H groups in total. The van der Waals surface area contributed by atoms with Crippen LogP contribution in [-0.4, -0.2) is 15.9 Å². The van der Waals surface area contributed by atoms with Crippen LogP contribution >= 0.6 is 0 Å². The van der Waals surface area contributed by atoms with Gasteiger partial charge in [-0.05, 0) is 35.7 Å². The summed E-state index contributed by atoms with van der Waals surface area (Å²) in [7, 11) is 0. The third-order valence-corrected chi connectivity index (χ3v) is 2.55. The SMILES string of the molecule is [2H]n1ccc2ccc(OC(=O)c3ccccn3)cc21. The zero-order valence-corrected chi connectivity index (χ0v) is 9.41. The molecule has 0 spiro atoms. The summed E-state index contributed by atoms with van der Waals surface area (Å²) in [6.07, 6.45) is 3.17. The molecule has 0 aliphatic heterocycles.